The zero-order chi connectivity index (χ0) is 12.3. The summed E-state index contributed by atoms with van der Waals surface area (Å²) in [7, 11) is 0. The van der Waals surface area contributed by atoms with Crippen LogP contribution in [0.15, 0.2) is 24.3 Å². The summed E-state index contributed by atoms with van der Waals surface area (Å²) in [5.41, 5.74) is 2.28. The molecule has 1 aromatic rings. The fraction of sp³-hybridized carbons (Fsp3) is 0.600. The number of benzene rings is 1. The van der Waals surface area contributed by atoms with Gasteiger partial charge in [0.25, 0.3) is 0 Å². The lowest BCUT2D eigenvalue weighted by atomic mass is 9.99. The van der Waals surface area contributed by atoms with Gasteiger partial charge in [-0.05, 0) is 45.3 Å². The van der Waals surface area contributed by atoms with Crippen LogP contribution in [-0.4, -0.2) is 29.1 Å². The van der Waals surface area contributed by atoms with Crippen LogP contribution in [-0.2, 0) is 0 Å². The minimum atomic E-state index is -0.367. The second kappa shape index (κ2) is 5.65. The SMILES string of the molecule is Cc1ccc([C@H](O)[C@H](C)N2CCCCC2)cc1. The Labute approximate surface area is 104 Å². The molecular formula is C15H23NO. The van der Waals surface area contributed by atoms with Crippen LogP contribution in [0.3, 0.4) is 0 Å². The summed E-state index contributed by atoms with van der Waals surface area (Å²) >= 11 is 0. The van der Waals surface area contributed by atoms with Gasteiger partial charge in [0.15, 0.2) is 0 Å². The molecular weight excluding hydrogens is 210 g/mol. The Balaban J connectivity index is 2.02. The summed E-state index contributed by atoms with van der Waals surface area (Å²) < 4.78 is 0. The third kappa shape index (κ3) is 3.08. The Morgan fingerprint density at radius 3 is 2.24 bits per heavy atom. The van der Waals surface area contributed by atoms with Gasteiger partial charge in [0.2, 0.25) is 0 Å². The molecule has 0 unspecified atom stereocenters. The van der Waals surface area contributed by atoms with Gasteiger partial charge >= 0.3 is 0 Å². The molecule has 94 valence electrons. The Morgan fingerprint density at radius 1 is 1.06 bits per heavy atom. The minimum Gasteiger partial charge on any atom is -0.387 e. The number of aliphatic hydroxyl groups is 1. The second-order valence-electron chi connectivity index (χ2n) is 5.19. The molecule has 2 rings (SSSR count). The Kier molecular flexibility index (Phi) is 4.19. The number of piperidine rings is 1. The third-order valence-electron chi connectivity index (χ3n) is 3.84. The maximum atomic E-state index is 10.4. The van der Waals surface area contributed by atoms with Gasteiger partial charge < -0.3 is 5.11 Å². The molecule has 1 N–H and O–H groups in total. The number of hydrogen-bond acceptors (Lipinski definition) is 2. The molecule has 2 heteroatoms. The van der Waals surface area contributed by atoms with E-state index >= 15 is 0 Å². The lowest BCUT2D eigenvalue weighted by molar-refractivity contribution is 0.0471. The van der Waals surface area contributed by atoms with E-state index < -0.39 is 0 Å². The monoisotopic (exact) mass is 233 g/mol. The van der Waals surface area contributed by atoms with Gasteiger partial charge in [-0.3, -0.25) is 4.90 Å². The predicted octanol–water partition coefficient (Wildman–Crippen LogP) is 2.90. The van der Waals surface area contributed by atoms with E-state index in [1.807, 2.05) is 12.1 Å². The molecule has 1 fully saturated rings. The number of aryl methyl sites for hydroxylation is 1. The maximum absolute atomic E-state index is 10.4. The molecule has 0 amide bonds. The fourth-order valence-electron chi connectivity index (χ4n) is 2.57. The van der Waals surface area contributed by atoms with E-state index in [-0.39, 0.29) is 12.1 Å². The molecule has 1 aromatic carbocycles. The van der Waals surface area contributed by atoms with E-state index in [0.29, 0.717) is 0 Å². The van der Waals surface area contributed by atoms with Crippen LogP contribution in [0.1, 0.15) is 43.4 Å². The lowest BCUT2D eigenvalue weighted by Crippen LogP contribution is -2.40. The van der Waals surface area contributed by atoms with Crippen molar-refractivity contribution in [2.24, 2.45) is 0 Å². The molecule has 0 spiro atoms. The van der Waals surface area contributed by atoms with Crippen molar-refractivity contribution in [1.82, 2.24) is 4.90 Å². The highest BCUT2D eigenvalue weighted by atomic mass is 16.3. The molecule has 1 aliphatic rings. The van der Waals surface area contributed by atoms with Gasteiger partial charge in [-0.2, -0.15) is 0 Å². The number of likely N-dealkylation sites (tertiary alicyclic amines) is 1. The summed E-state index contributed by atoms with van der Waals surface area (Å²) in [6, 6.07) is 8.45. The van der Waals surface area contributed by atoms with Crippen molar-refractivity contribution >= 4 is 0 Å². The molecule has 1 aliphatic heterocycles. The average Bonchev–Trinajstić information content (AvgIpc) is 2.39. The Morgan fingerprint density at radius 2 is 1.65 bits per heavy atom. The van der Waals surface area contributed by atoms with E-state index in [2.05, 4.69) is 30.9 Å². The molecule has 0 saturated carbocycles. The summed E-state index contributed by atoms with van der Waals surface area (Å²) in [5.74, 6) is 0. The molecule has 1 heterocycles. The van der Waals surface area contributed by atoms with Crippen molar-refractivity contribution in [2.75, 3.05) is 13.1 Å². The van der Waals surface area contributed by atoms with Gasteiger partial charge in [0.05, 0.1) is 6.10 Å². The fourth-order valence-corrected chi connectivity index (χ4v) is 2.57. The van der Waals surface area contributed by atoms with Crippen molar-refractivity contribution in [3.05, 3.63) is 35.4 Å². The largest absolute Gasteiger partial charge is 0.387 e. The van der Waals surface area contributed by atoms with Gasteiger partial charge in [0, 0.05) is 6.04 Å². The van der Waals surface area contributed by atoms with E-state index in [4.69, 9.17) is 0 Å². The number of aliphatic hydroxyl groups excluding tert-OH is 1. The normalized spacial score (nSPS) is 21.1. The predicted molar refractivity (Wildman–Crippen MR) is 71.0 cm³/mol. The quantitative estimate of drug-likeness (QED) is 0.867. The molecule has 0 aliphatic carbocycles. The van der Waals surface area contributed by atoms with E-state index in [9.17, 15) is 5.11 Å². The summed E-state index contributed by atoms with van der Waals surface area (Å²) in [5, 5.41) is 10.4. The second-order valence-corrected chi connectivity index (χ2v) is 5.19. The Bertz CT molecular complexity index is 340. The highest BCUT2D eigenvalue weighted by molar-refractivity contribution is 5.24. The first kappa shape index (κ1) is 12.6. The van der Waals surface area contributed by atoms with Crippen molar-refractivity contribution in [3.8, 4) is 0 Å². The molecule has 2 atom stereocenters. The average molecular weight is 233 g/mol. The minimum absolute atomic E-state index is 0.220. The van der Waals surface area contributed by atoms with Crippen LogP contribution >= 0.6 is 0 Å². The van der Waals surface area contributed by atoms with Crippen molar-refractivity contribution in [2.45, 2.75) is 45.3 Å². The summed E-state index contributed by atoms with van der Waals surface area (Å²) in [6.45, 7) is 6.47. The number of hydrogen-bond donors (Lipinski definition) is 1. The van der Waals surface area contributed by atoms with Crippen LogP contribution in [0.2, 0.25) is 0 Å². The first-order valence-electron chi connectivity index (χ1n) is 6.67. The van der Waals surface area contributed by atoms with Crippen LogP contribution in [0, 0.1) is 6.92 Å². The number of nitrogens with zero attached hydrogens (tertiary/aromatic N) is 1. The standard InChI is InChI=1S/C15H23NO/c1-12-6-8-14(9-7-12)15(17)13(2)16-10-4-3-5-11-16/h6-9,13,15,17H,3-5,10-11H2,1-2H3/t13-,15+/m0/s1. The topological polar surface area (TPSA) is 23.5 Å². The molecule has 2 nitrogen and oxygen atoms in total. The van der Waals surface area contributed by atoms with Crippen molar-refractivity contribution < 1.29 is 5.11 Å². The van der Waals surface area contributed by atoms with Crippen LogP contribution in [0.25, 0.3) is 0 Å². The van der Waals surface area contributed by atoms with Crippen LogP contribution in [0.4, 0.5) is 0 Å². The van der Waals surface area contributed by atoms with Gasteiger partial charge in [-0.25, -0.2) is 0 Å². The first-order valence-corrected chi connectivity index (χ1v) is 6.67. The highest BCUT2D eigenvalue weighted by Gasteiger charge is 2.24. The molecule has 17 heavy (non-hydrogen) atoms. The van der Waals surface area contributed by atoms with Gasteiger partial charge in [-0.1, -0.05) is 36.2 Å². The zero-order valence-electron chi connectivity index (χ0n) is 10.9. The van der Waals surface area contributed by atoms with Gasteiger partial charge in [-0.15, -0.1) is 0 Å². The van der Waals surface area contributed by atoms with E-state index in [1.165, 1.54) is 24.8 Å². The lowest BCUT2D eigenvalue weighted by Gasteiger charge is -2.35. The molecule has 0 radical (unpaired) electrons. The van der Waals surface area contributed by atoms with Crippen molar-refractivity contribution in [3.63, 3.8) is 0 Å². The first-order chi connectivity index (χ1) is 8.18. The smallest absolute Gasteiger partial charge is 0.0942 e. The van der Waals surface area contributed by atoms with Crippen LogP contribution < -0.4 is 0 Å². The Hall–Kier alpha value is -0.860. The summed E-state index contributed by atoms with van der Waals surface area (Å²) in [6.07, 6.45) is 3.51. The van der Waals surface area contributed by atoms with E-state index in [1.54, 1.807) is 0 Å². The summed E-state index contributed by atoms with van der Waals surface area (Å²) in [4.78, 5) is 2.41. The molecule has 0 bridgehead atoms. The zero-order valence-corrected chi connectivity index (χ0v) is 10.9. The van der Waals surface area contributed by atoms with Gasteiger partial charge in [0.1, 0.15) is 0 Å². The van der Waals surface area contributed by atoms with Crippen molar-refractivity contribution in [1.29, 1.82) is 0 Å². The molecule has 1 saturated heterocycles. The number of rotatable bonds is 3. The third-order valence-corrected chi connectivity index (χ3v) is 3.84. The van der Waals surface area contributed by atoms with E-state index in [0.717, 1.165) is 18.7 Å². The highest BCUT2D eigenvalue weighted by Crippen LogP contribution is 2.23. The molecule has 0 aromatic heterocycles. The van der Waals surface area contributed by atoms with Crippen LogP contribution in [0.5, 0.6) is 0 Å². The maximum Gasteiger partial charge on any atom is 0.0942 e.